The van der Waals surface area contributed by atoms with Gasteiger partial charge in [0.05, 0.1) is 17.8 Å². The molecule has 2 unspecified atom stereocenters. The number of ketones is 1. The number of carbonyl (C=O) groups is 2. The lowest BCUT2D eigenvalue weighted by molar-refractivity contribution is -0.118. The highest BCUT2D eigenvalue weighted by Crippen LogP contribution is 2.32. The molecule has 1 aromatic rings. The van der Waals surface area contributed by atoms with E-state index in [-0.39, 0.29) is 5.92 Å². The van der Waals surface area contributed by atoms with Crippen LogP contribution in [-0.4, -0.2) is 34.8 Å². The number of aldehydes is 1. The molecular weight excluding hydrogens is 304 g/mol. The van der Waals surface area contributed by atoms with E-state index in [1.54, 1.807) is 11.8 Å². The van der Waals surface area contributed by atoms with Crippen LogP contribution in [-0.2, 0) is 20.9 Å². The van der Waals surface area contributed by atoms with Gasteiger partial charge < -0.3 is 9.53 Å². The van der Waals surface area contributed by atoms with Gasteiger partial charge in [0.1, 0.15) is 12.1 Å². The van der Waals surface area contributed by atoms with Crippen molar-refractivity contribution in [1.29, 1.82) is 0 Å². The van der Waals surface area contributed by atoms with Gasteiger partial charge in [0.2, 0.25) is 0 Å². The number of thioether (sulfide) groups is 2. The third-order valence-corrected chi connectivity index (χ3v) is 6.16. The number of carbonyl (C=O) groups excluding carboxylic acids is 2. The highest BCUT2D eigenvalue weighted by Gasteiger charge is 2.21. The van der Waals surface area contributed by atoms with Crippen molar-refractivity contribution in [3.8, 4) is 0 Å². The summed E-state index contributed by atoms with van der Waals surface area (Å²) in [6.07, 6.45) is 2.29. The van der Waals surface area contributed by atoms with Gasteiger partial charge in [-0.05, 0) is 5.56 Å². The Balaban J connectivity index is 1.66. The Hall–Kier alpha value is -0.780. The predicted octanol–water partition coefficient (Wildman–Crippen LogP) is 3.17. The van der Waals surface area contributed by atoms with E-state index in [9.17, 15) is 9.59 Å². The molecule has 1 heterocycles. The molecule has 114 valence electrons. The standard InChI is InChI=1S/C16H20O3S2/c17-9-14(11-19-10-13-4-2-1-3-5-13)12-21-16-8-15(18)6-7-20-16/h1-5,9,14,16H,6-8,10-12H2. The largest absolute Gasteiger partial charge is 0.376 e. The minimum absolute atomic E-state index is 0.101. The van der Waals surface area contributed by atoms with Gasteiger partial charge in [-0.2, -0.15) is 0 Å². The van der Waals surface area contributed by atoms with E-state index in [2.05, 4.69) is 0 Å². The van der Waals surface area contributed by atoms with Gasteiger partial charge in [0.25, 0.3) is 0 Å². The summed E-state index contributed by atoms with van der Waals surface area (Å²) in [5, 5.41) is 0. The van der Waals surface area contributed by atoms with Crippen LogP contribution in [0.5, 0.6) is 0 Å². The summed E-state index contributed by atoms with van der Waals surface area (Å²) < 4.78 is 5.92. The quantitative estimate of drug-likeness (QED) is 0.687. The zero-order chi connectivity index (χ0) is 14.9. The van der Waals surface area contributed by atoms with E-state index >= 15 is 0 Å². The van der Waals surface area contributed by atoms with Gasteiger partial charge in [0.15, 0.2) is 0 Å². The van der Waals surface area contributed by atoms with Gasteiger partial charge in [-0.15, -0.1) is 23.5 Å². The molecule has 5 heteroatoms. The zero-order valence-electron chi connectivity index (χ0n) is 11.9. The number of rotatable bonds is 8. The number of hydrogen-bond acceptors (Lipinski definition) is 5. The highest BCUT2D eigenvalue weighted by molar-refractivity contribution is 8.17. The first kappa shape index (κ1) is 16.6. The third-order valence-electron chi connectivity index (χ3n) is 3.21. The summed E-state index contributed by atoms with van der Waals surface area (Å²) in [6.45, 7) is 0.975. The van der Waals surface area contributed by atoms with Crippen LogP contribution in [0.4, 0.5) is 0 Å². The molecule has 0 spiro atoms. The second kappa shape index (κ2) is 9.28. The smallest absolute Gasteiger partial charge is 0.135 e. The first-order chi connectivity index (χ1) is 10.3. The summed E-state index contributed by atoms with van der Waals surface area (Å²) >= 11 is 3.54. The summed E-state index contributed by atoms with van der Waals surface area (Å²) in [5.74, 6) is 1.88. The molecule has 1 aromatic carbocycles. The van der Waals surface area contributed by atoms with Gasteiger partial charge >= 0.3 is 0 Å². The van der Waals surface area contributed by atoms with Crippen LogP contribution in [0.1, 0.15) is 18.4 Å². The van der Waals surface area contributed by atoms with E-state index in [1.807, 2.05) is 42.1 Å². The fourth-order valence-corrected chi connectivity index (χ4v) is 4.78. The second-order valence-corrected chi connectivity index (χ2v) is 7.87. The van der Waals surface area contributed by atoms with Crippen LogP contribution in [0.25, 0.3) is 0 Å². The SMILES string of the molecule is O=CC(COCc1ccccc1)CSC1CC(=O)CCS1. The van der Waals surface area contributed by atoms with Crippen LogP contribution in [0.3, 0.4) is 0 Å². The van der Waals surface area contributed by atoms with Crippen molar-refractivity contribution < 1.29 is 14.3 Å². The van der Waals surface area contributed by atoms with Gasteiger partial charge in [-0.25, -0.2) is 0 Å². The lowest BCUT2D eigenvalue weighted by Gasteiger charge is -2.21. The van der Waals surface area contributed by atoms with E-state index in [0.29, 0.717) is 36.4 Å². The van der Waals surface area contributed by atoms with E-state index in [0.717, 1.165) is 23.4 Å². The maximum Gasteiger partial charge on any atom is 0.135 e. The Kier molecular flexibility index (Phi) is 7.33. The van der Waals surface area contributed by atoms with Crippen molar-refractivity contribution in [2.24, 2.45) is 5.92 Å². The fourth-order valence-electron chi connectivity index (χ4n) is 2.02. The van der Waals surface area contributed by atoms with Crippen molar-refractivity contribution >= 4 is 35.6 Å². The minimum Gasteiger partial charge on any atom is -0.376 e. The van der Waals surface area contributed by atoms with E-state index in [4.69, 9.17) is 4.74 Å². The van der Waals surface area contributed by atoms with Crippen LogP contribution in [0, 0.1) is 5.92 Å². The van der Waals surface area contributed by atoms with E-state index < -0.39 is 0 Å². The molecule has 1 fully saturated rings. The number of hydrogen-bond donors (Lipinski definition) is 0. The lowest BCUT2D eigenvalue weighted by Crippen LogP contribution is -2.19. The first-order valence-corrected chi connectivity index (χ1v) is 9.19. The zero-order valence-corrected chi connectivity index (χ0v) is 13.5. The number of Topliss-reactive ketones (excluding diaryl/α,β-unsaturated/α-hetero) is 1. The monoisotopic (exact) mass is 324 g/mol. The number of ether oxygens (including phenoxy) is 1. The van der Waals surface area contributed by atoms with Crippen molar-refractivity contribution in [1.82, 2.24) is 0 Å². The molecule has 0 amide bonds. The lowest BCUT2D eigenvalue weighted by atomic mass is 10.2. The number of benzene rings is 1. The summed E-state index contributed by atoms with van der Waals surface area (Å²) in [4.78, 5) is 22.5. The molecule has 0 radical (unpaired) electrons. The van der Waals surface area contributed by atoms with Crippen molar-refractivity contribution in [2.75, 3.05) is 18.1 Å². The van der Waals surface area contributed by atoms with Gasteiger partial charge in [-0.1, -0.05) is 30.3 Å². The van der Waals surface area contributed by atoms with Crippen LogP contribution in [0.2, 0.25) is 0 Å². The Morgan fingerprint density at radius 3 is 2.90 bits per heavy atom. The van der Waals surface area contributed by atoms with Crippen LogP contribution >= 0.6 is 23.5 Å². The molecular formula is C16H20O3S2. The summed E-state index contributed by atoms with van der Waals surface area (Å²) in [6, 6.07) is 9.94. The first-order valence-electron chi connectivity index (χ1n) is 7.10. The molecule has 21 heavy (non-hydrogen) atoms. The summed E-state index contributed by atoms with van der Waals surface area (Å²) in [7, 11) is 0. The topological polar surface area (TPSA) is 43.4 Å². The van der Waals surface area contributed by atoms with Crippen LogP contribution in [0.15, 0.2) is 30.3 Å². The molecule has 0 bridgehead atoms. The van der Waals surface area contributed by atoms with Crippen molar-refractivity contribution in [3.05, 3.63) is 35.9 Å². The molecule has 0 aromatic heterocycles. The molecule has 2 atom stereocenters. The van der Waals surface area contributed by atoms with E-state index in [1.165, 1.54) is 0 Å². The average molecular weight is 324 g/mol. The molecule has 0 N–H and O–H groups in total. The molecule has 1 aliphatic heterocycles. The maximum absolute atomic E-state index is 11.4. The Labute approximate surface area is 134 Å². The average Bonchev–Trinajstić information content (AvgIpc) is 2.52. The second-order valence-electron chi connectivity index (χ2n) is 5.02. The van der Waals surface area contributed by atoms with Crippen LogP contribution < -0.4 is 0 Å². The molecule has 2 rings (SSSR count). The maximum atomic E-state index is 11.4. The predicted molar refractivity (Wildman–Crippen MR) is 88.6 cm³/mol. The third kappa shape index (κ3) is 6.24. The Morgan fingerprint density at radius 1 is 1.38 bits per heavy atom. The molecule has 0 aliphatic carbocycles. The summed E-state index contributed by atoms with van der Waals surface area (Å²) in [5.41, 5.74) is 1.11. The Bertz CT molecular complexity index is 450. The molecule has 3 nitrogen and oxygen atoms in total. The fraction of sp³-hybridized carbons (Fsp3) is 0.500. The van der Waals surface area contributed by atoms with Crippen molar-refractivity contribution in [2.45, 2.75) is 24.0 Å². The molecule has 1 aliphatic rings. The molecule has 1 saturated heterocycles. The van der Waals surface area contributed by atoms with Crippen molar-refractivity contribution in [3.63, 3.8) is 0 Å². The minimum atomic E-state index is -0.101. The molecule has 0 saturated carbocycles. The Morgan fingerprint density at radius 2 is 2.19 bits per heavy atom. The van der Waals surface area contributed by atoms with Gasteiger partial charge in [0, 0.05) is 30.3 Å². The normalized spacial score (nSPS) is 20.2. The van der Waals surface area contributed by atoms with Gasteiger partial charge in [-0.3, -0.25) is 4.79 Å². The highest BCUT2D eigenvalue weighted by atomic mass is 32.2.